The molecular weight excluding hydrogens is 200 g/mol. The highest BCUT2D eigenvalue weighted by atomic mass is 16.5. The Balaban J connectivity index is 1.91. The molecule has 1 aromatic carbocycles. The number of nitrogens with zero attached hydrogens (tertiary/aromatic N) is 1. The van der Waals surface area contributed by atoms with Crippen LogP contribution in [-0.4, -0.2) is 32.5 Å². The van der Waals surface area contributed by atoms with Crippen molar-refractivity contribution in [2.75, 3.05) is 31.1 Å². The van der Waals surface area contributed by atoms with E-state index in [9.17, 15) is 0 Å². The smallest absolute Gasteiger partial charge is 0.125 e. The molecular formula is C13H20N2O. The Labute approximate surface area is 97.4 Å². The van der Waals surface area contributed by atoms with Gasteiger partial charge in [-0.2, -0.15) is 0 Å². The number of hydrogen-bond donors (Lipinski definition) is 1. The van der Waals surface area contributed by atoms with Gasteiger partial charge in [0.25, 0.3) is 0 Å². The first kappa shape index (κ1) is 11.4. The van der Waals surface area contributed by atoms with Crippen LogP contribution >= 0.6 is 0 Å². The monoisotopic (exact) mass is 220 g/mol. The van der Waals surface area contributed by atoms with Crippen LogP contribution in [0.3, 0.4) is 0 Å². The number of anilines is 1. The molecule has 0 aromatic heterocycles. The minimum absolute atomic E-state index is 0.175. The SMILES string of the molecule is CCCOC1CN(c2ccccc2)CCN1. The predicted octanol–water partition coefficient (Wildman–Crippen LogP) is 1.85. The summed E-state index contributed by atoms with van der Waals surface area (Å²) < 4.78 is 5.73. The van der Waals surface area contributed by atoms with E-state index in [2.05, 4.69) is 47.5 Å². The molecule has 1 atom stereocenters. The second-order valence-electron chi connectivity index (χ2n) is 4.10. The Morgan fingerprint density at radius 2 is 2.19 bits per heavy atom. The van der Waals surface area contributed by atoms with E-state index in [1.165, 1.54) is 5.69 Å². The summed E-state index contributed by atoms with van der Waals surface area (Å²) in [5.41, 5.74) is 1.29. The summed E-state index contributed by atoms with van der Waals surface area (Å²) in [5, 5.41) is 3.39. The summed E-state index contributed by atoms with van der Waals surface area (Å²) in [6.45, 7) is 5.95. The highest BCUT2D eigenvalue weighted by Crippen LogP contribution is 2.15. The lowest BCUT2D eigenvalue weighted by molar-refractivity contribution is 0.0281. The van der Waals surface area contributed by atoms with Gasteiger partial charge in [-0.3, -0.25) is 5.32 Å². The Morgan fingerprint density at radius 3 is 2.94 bits per heavy atom. The summed E-state index contributed by atoms with van der Waals surface area (Å²) in [6, 6.07) is 10.5. The average molecular weight is 220 g/mol. The van der Waals surface area contributed by atoms with E-state index in [4.69, 9.17) is 4.74 Å². The van der Waals surface area contributed by atoms with Gasteiger partial charge >= 0.3 is 0 Å². The van der Waals surface area contributed by atoms with E-state index in [1.807, 2.05) is 0 Å². The van der Waals surface area contributed by atoms with Crippen molar-refractivity contribution < 1.29 is 4.74 Å². The molecule has 3 heteroatoms. The van der Waals surface area contributed by atoms with Gasteiger partial charge in [-0.05, 0) is 18.6 Å². The Morgan fingerprint density at radius 1 is 1.38 bits per heavy atom. The van der Waals surface area contributed by atoms with E-state index in [-0.39, 0.29) is 6.23 Å². The van der Waals surface area contributed by atoms with Gasteiger partial charge in [0.2, 0.25) is 0 Å². The van der Waals surface area contributed by atoms with E-state index in [1.54, 1.807) is 0 Å². The fourth-order valence-electron chi connectivity index (χ4n) is 1.96. The number of ether oxygens (including phenoxy) is 1. The first-order valence-corrected chi connectivity index (χ1v) is 6.05. The van der Waals surface area contributed by atoms with Gasteiger partial charge in [0.15, 0.2) is 0 Å². The molecule has 88 valence electrons. The topological polar surface area (TPSA) is 24.5 Å². The molecule has 1 aliphatic rings. The fraction of sp³-hybridized carbons (Fsp3) is 0.538. The number of para-hydroxylation sites is 1. The molecule has 1 aliphatic heterocycles. The summed E-state index contributed by atoms with van der Waals surface area (Å²) in [5.74, 6) is 0. The van der Waals surface area contributed by atoms with Crippen molar-refractivity contribution in [3.05, 3.63) is 30.3 Å². The van der Waals surface area contributed by atoms with Crippen LogP contribution in [0, 0.1) is 0 Å². The van der Waals surface area contributed by atoms with Crippen LogP contribution in [0.4, 0.5) is 5.69 Å². The first-order chi connectivity index (χ1) is 7.90. The molecule has 0 amide bonds. The van der Waals surface area contributed by atoms with E-state index >= 15 is 0 Å². The van der Waals surface area contributed by atoms with Gasteiger partial charge in [0.1, 0.15) is 6.23 Å². The van der Waals surface area contributed by atoms with Gasteiger partial charge in [0.05, 0.1) is 6.54 Å². The minimum Gasteiger partial charge on any atom is -0.366 e. The van der Waals surface area contributed by atoms with E-state index in [0.717, 1.165) is 32.7 Å². The molecule has 2 rings (SSSR count). The summed E-state index contributed by atoms with van der Waals surface area (Å²) in [6.07, 6.45) is 1.25. The van der Waals surface area contributed by atoms with Crippen LogP contribution in [0.5, 0.6) is 0 Å². The molecule has 1 N–H and O–H groups in total. The standard InChI is InChI=1S/C13H20N2O/c1-2-10-16-13-11-15(9-8-14-13)12-6-4-3-5-7-12/h3-7,13-14H,2,8-11H2,1H3. The molecule has 1 heterocycles. The lowest BCUT2D eigenvalue weighted by Crippen LogP contribution is -2.52. The molecule has 1 saturated heterocycles. The molecule has 16 heavy (non-hydrogen) atoms. The summed E-state index contributed by atoms with van der Waals surface area (Å²) in [7, 11) is 0. The van der Waals surface area contributed by atoms with Crippen LogP contribution in [-0.2, 0) is 4.74 Å². The van der Waals surface area contributed by atoms with Crippen LogP contribution in [0.25, 0.3) is 0 Å². The molecule has 0 spiro atoms. The maximum Gasteiger partial charge on any atom is 0.125 e. The third kappa shape index (κ3) is 2.97. The van der Waals surface area contributed by atoms with E-state index < -0.39 is 0 Å². The van der Waals surface area contributed by atoms with Crippen molar-refractivity contribution in [2.24, 2.45) is 0 Å². The van der Waals surface area contributed by atoms with Gasteiger partial charge in [-0.25, -0.2) is 0 Å². The van der Waals surface area contributed by atoms with Crippen LogP contribution in [0.15, 0.2) is 30.3 Å². The third-order valence-corrected chi connectivity index (χ3v) is 2.78. The minimum atomic E-state index is 0.175. The second kappa shape index (κ2) is 5.87. The van der Waals surface area contributed by atoms with E-state index in [0.29, 0.717) is 0 Å². The zero-order valence-corrected chi connectivity index (χ0v) is 9.86. The summed E-state index contributed by atoms with van der Waals surface area (Å²) >= 11 is 0. The second-order valence-corrected chi connectivity index (χ2v) is 4.10. The van der Waals surface area contributed by atoms with Crippen molar-refractivity contribution in [3.63, 3.8) is 0 Å². The molecule has 1 aromatic rings. The van der Waals surface area contributed by atoms with Crippen molar-refractivity contribution >= 4 is 5.69 Å². The Hall–Kier alpha value is -1.06. The van der Waals surface area contributed by atoms with Crippen molar-refractivity contribution in [3.8, 4) is 0 Å². The maximum atomic E-state index is 5.73. The number of rotatable bonds is 4. The number of nitrogens with one attached hydrogen (secondary N) is 1. The summed E-state index contributed by atoms with van der Waals surface area (Å²) in [4.78, 5) is 2.37. The molecule has 0 radical (unpaired) electrons. The number of hydrogen-bond acceptors (Lipinski definition) is 3. The quantitative estimate of drug-likeness (QED) is 0.838. The highest BCUT2D eigenvalue weighted by Gasteiger charge is 2.19. The molecule has 1 fully saturated rings. The average Bonchev–Trinajstić information content (AvgIpc) is 2.38. The largest absolute Gasteiger partial charge is 0.366 e. The normalized spacial score (nSPS) is 21.1. The van der Waals surface area contributed by atoms with Crippen molar-refractivity contribution in [2.45, 2.75) is 19.6 Å². The number of piperazine rings is 1. The van der Waals surface area contributed by atoms with Gasteiger partial charge in [0, 0.05) is 25.4 Å². The van der Waals surface area contributed by atoms with Crippen LogP contribution in [0.2, 0.25) is 0 Å². The Kier molecular flexibility index (Phi) is 4.19. The zero-order chi connectivity index (χ0) is 11.2. The van der Waals surface area contributed by atoms with Gasteiger partial charge < -0.3 is 9.64 Å². The predicted molar refractivity (Wildman–Crippen MR) is 66.7 cm³/mol. The lowest BCUT2D eigenvalue weighted by Gasteiger charge is -2.35. The molecule has 0 bridgehead atoms. The van der Waals surface area contributed by atoms with Gasteiger partial charge in [-0.15, -0.1) is 0 Å². The third-order valence-electron chi connectivity index (χ3n) is 2.78. The van der Waals surface area contributed by atoms with Crippen molar-refractivity contribution in [1.29, 1.82) is 0 Å². The maximum absolute atomic E-state index is 5.73. The fourth-order valence-corrected chi connectivity index (χ4v) is 1.96. The van der Waals surface area contributed by atoms with Gasteiger partial charge in [-0.1, -0.05) is 25.1 Å². The lowest BCUT2D eigenvalue weighted by atomic mass is 10.2. The molecule has 0 aliphatic carbocycles. The zero-order valence-electron chi connectivity index (χ0n) is 9.86. The first-order valence-electron chi connectivity index (χ1n) is 6.05. The number of benzene rings is 1. The molecule has 1 unspecified atom stereocenters. The molecule has 3 nitrogen and oxygen atoms in total. The Bertz CT molecular complexity index is 302. The van der Waals surface area contributed by atoms with Crippen LogP contribution < -0.4 is 10.2 Å². The van der Waals surface area contributed by atoms with Crippen LogP contribution in [0.1, 0.15) is 13.3 Å². The molecule has 0 saturated carbocycles. The highest BCUT2D eigenvalue weighted by molar-refractivity contribution is 5.46. The van der Waals surface area contributed by atoms with Crippen molar-refractivity contribution in [1.82, 2.24) is 5.32 Å².